The Kier molecular flexibility index (Phi) is 53.3. The summed E-state index contributed by atoms with van der Waals surface area (Å²) in [5.74, 6) is -1.36. The second kappa shape index (κ2) is 33.7. The minimum Gasteiger partial charge on any atom is -0.460 e. The van der Waals surface area contributed by atoms with Gasteiger partial charge in [0.05, 0.1) is 13.1 Å². The second-order valence-electron chi connectivity index (χ2n) is 5.13. The van der Waals surface area contributed by atoms with Crippen LogP contribution >= 0.6 is 0 Å². The lowest BCUT2D eigenvalue weighted by Gasteiger charge is -2.08. The molecular weight excluding hydrogens is 428 g/mol. The van der Waals surface area contributed by atoms with Crippen LogP contribution in [-0.4, -0.2) is 56.8 Å². The normalized spacial score (nSPS) is 7.36. The van der Waals surface area contributed by atoms with Crippen molar-refractivity contribution in [1.29, 1.82) is 0 Å². The van der Waals surface area contributed by atoms with E-state index in [1.165, 1.54) is 13.8 Å². The van der Waals surface area contributed by atoms with E-state index in [0.29, 0.717) is 5.57 Å². The van der Waals surface area contributed by atoms with Gasteiger partial charge in [0.25, 0.3) is 0 Å². The third-order valence-corrected chi connectivity index (χ3v) is 2.38. The first-order chi connectivity index (χ1) is 12.6. The molecule has 33 heavy (non-hydrogen) atoms. The maximum Gasteiger partial charge on any atom is 0.409 e. The van der Waals surface area contributed by atoms with Gasteiger partial charge in [-0.05, 0) is 26.3 Å². The monoisotopic (exact) mass is 480 g/mol. The number of ketones is 1. The number of rotatable bonds is 11. The zero-order valence-electron chi connectivity index (χ0n) is 16.1. The fourth-order valence-corrected chi connectivity index (χ4v) is 1.08. The molecule has 0 radical (unpaired) electrons. The van der Waals surface area contributed by atoms with Crippen LogP contribution in [0.15, 0.2) is 37.0 Å². The summed E-state index contributed by atoms with van der Waals surface area (Å²) in [5, 5.41) is 4.64. The molecule has 0 fully saturated rings. The number of allylic oxidation sites excluding steroid dienone is 1. The lowest BCUT2D eigenvalue weighted by Crippen LogP contribution is -2.33. The zero-order chi connectivity index (χ0) is 21.2. The molecule has 9 nitrogen and oxygen atoms in total. The van der Waals surface area contributed by atoms with Crippen molar-refractivity contribution in [1.82, 2.24) is 10.6 Å². The average molecular weight is 481 g/mol. The number of amides is 2. The van der Waals surface area contributed by atoms with E-state index in [-0.39, 0.29) is 82.2 Å². The van der Waals surface area contributed by atoms with E-state index in [9.17, 15) is 19.2 Å². The number of Topliss-reactive ketones (excluding diaryl/α,β-unsaturated/α-hetero) is 1. The highest BCUT2D eigenvalue weighted by Crippen LogP contribution is 1.91. The Balaban J connectivity index is -0.000000109. The highest BCUT2D eigenvalue weighted by molar-refractivity contribution is 5.97. The Morgan fingerprint density at radius 2 is 1.33 bits per heavy atom. The molecule has 9 heteroatoms. The van der Waals surface area contributed by atoms with Crippen LogP contribution in [0.25, 0.3) is 0 Å². The predicted octanol–water partition coefficient (Wildman–Crippen LogP) is 5.08. The Morgan fingerprint density at radius 1 is 0.848 bits per heavy atom. The van der Waals surface area contributed by atoms with Gasteiger partial charge in [-0.3, -0.25) is 9.59 Å². The predicted molar refractivity (Wildman–Crippen MR) is 140 cm³/mol. The van der Waals surface area contributed by atoms with E-state index in [1.54, 1.807) is 6.08 Å². The molecule has 0 atom stereocenters. The molecule has 0 aromatic carbocycles. The molecule has 0 aromatic rings. The molecule has 0 bridgehead atoms. The third kappa shape index (κ3) is 36.8. The van der Waals surface area contributed by atoms with Crippen LogP contribution < -0.4 is 10.6 Å². The van der Waals surface area contributed by atoms with E-state index in [4.69, 9.17) is 9.47 Å². The van der Waals surface area contributed by atoms with Gasteiger partial charge in [-0.25, -0.2) is 9.59 Å². The van der Waals surface area contributed by atoms with E-state index >= 15 is 0 Å². The first kappa shape index (κ1) is 52.2. The number of hydrogen-bond acceptors (Lipinski definition) is 7. The van der Waals surface area contributed by atoms with Gasteiger partial charge in [0.15, 0.2) is 12.6 Å². The molecule has 0 aromatic heterocycles. The van der Waals surface area contributed by atoms with Crippen molar-refractivity contribution in [3.8, 4) is 0 Å². The number of carbonyl (C=O) groups is 4. The molecule has 200 valence electrons. The van der Waals surface area contributed by atoms with Crippen LogP contribution in [0.2, 0.25) is 0 Å². The lowest BCUT2D eigenvalue weighted by atomic mass is 10.2. The number of ether oxygens (including phenoxy) is 3. The lowest BCUT2D eigenvalue weighted by molar-refractivity contribution is -0.138. The van der Waals surface area contributed by atoms with Gasteiger partial charge in [0, 0.05) is 5.57 Å². The van der Waals surface area contributed by atoms with Crippen LogP contribution in [0, 0.1) is 0 Å². The summed E-state index contributed by atoms with van der Waals surface area (Å²) in [5.41, 5.74) is 0.597. The summed E-state index contributed by atoms with van der Waals surface area (Å²) in [6, 6.07) is 0. The van der Waals surface area contributed by atoms with Crippen molar-refractivity contribution in [3.05, 3.63) is 37.0 Å². The van der Waals surface area contributed by atoms with Crippen molar-refractivity contribution >= 4 is 23.8 Å². The summed E-state index contributed by atoms with van der Waals surface area (Å²) >= 11 is 0. The van der Waals surface area contributed by atoms with Gasteiger partial charge in [-0.15, -0.1) is 6.58 Å². The van der Waals surface area contributed by atoms with E-state index in [1.807, 2.05) is 6.92 Å². The molecule has 0 aliphatic carbocycles. The van der Waals surface area contributed by atoms with Gasteiger partial charge in [0.2, 0.25) is 5.91 Å². The minimum atomic E-state index is -0.792. The molecule has 0 aliphatic heterocycles. The first-order valence-electron chi connectivity index (χ1n) is 7.99. The number of hydrogen-bond donors (Lipinski definition) is 2. The molecule has 0 unspecified atom stereocenters. The SMILES string of the molecule is C.C.C.C.C.C.C=C(C)C(=O)CNC(=O)COCOC(=O)NCCOC(=O)C(=C)C.C=CC. The van der Waals surface area contributed by atoms with Gasteiger partial charge in [-0.1, -0.05) is 63.8 Å². The first-order valence-corrected chi connectivity index (χ1v) is 7.99. The third-order valence-electron chi connectivity index (χ3n) is 2.38. The molecule has 0 spiro atoms. The van der Waals surface area contributed by atoms with Crippen LogP contribution in [0.4, 0.5) is 4.79 Å². The molecule has 0 heterocycles. The summed E-state index contributed by atoms with van der Waals surface area (Å²) in [7, 11) is 0. The molecule has 0 aliphatic rings. The largest absolute Gasteiger partial charge is 0.460 e. The van der Waals surface area contributed by atoms with E-state index in [0.717, 1.165) is 0 Å². The fourth-order valence-electron chi connectivity index (χ4n) is 1.08. The van der Waals surface area contributed by atoms with Crippen molar-refractivity contribution in [2.24, 2.45) is 0 Å². The Labute approximate surface area is 203 Å². The summed E-state index contributed by atoms with van der Waals surface area (Å²) in [6.07, 6.45) is 0.958. The summed E-state index contributed by atoms with van der Waals surface area (Å²) < 4.78 is 14.2. The van der Waals surface area contributed by atoms with E-state index < -0.39 is 24.8 Å². The van der Waals surface area contributed by atoms with Crippen molar-refractivity contribution < 1.29 is 33.4 Å². The summed E-state index contributed by atoms with van der Waals surface area (Å²) in [6.45, 7) is 14.2. The molecule has 2 N–H and O–H groups in total. The Bertz CT molecular complexity index is 559. The van der Waals surface area contributed by atoms with Gasteiger partial charge >= 0.3 is 12.1 Å². The average Bonchev–Trinajstić information content (AvgIpc) is 2.60. The van der Waals surface area contributed by atoms with Crippen LogP contribution in [-0.2, 0) is 28.6 Å². The van der Waals surface area contributed by atoms with Crippen LogP contribution in [0.1, 0.15) is 65.3 Å². The highest BCUT2D eigenvalue weighted by atomic mass is 16.7. The number of nitrogens with one attached hydrogen (secondary N) is 2. The number of alkyl carbamates (subject to hydrolysis) is 1. The quantitative estimate of drug-likeness (QED) is 0.139. The summed E-state index contributed by atoms with van der Waals surface area (Å²) in [4.78, 5) is 44.8. The second-order valence-corrected chi connectivity index (χ2v) is 5.13. The van der Waals surface area contributed by atoms with Crippen molar-refractivity contribution in [2.75, 3.05) is 33.1 Å². The number of esters is 1. The van der Waals surface area contributed by atoms with Crippen molar-refractivity contribution in [3.63, 3.8) is 0 Å². The van der Waals surface area contributed by atoms with Gasteiger partial charge in [-0.2, -0.15) is 0 Å². The van der Waals surface area contributed by atoms with Crippen LogP contribution in [0.3, 0.4) is 0 Å². The Morgan fingerprint density at radius 3 is 1.76 bits per heavy atom. The molecule has 0 saturated carbocycles. The van der Waals surface area contributed by atoms with Gasteiger partial charge < -0.3 is 24.8 Å². The van der Waals surface area contributed by atoms with Gasteiger partial charge in [0.1, 0.15) is 13.2 Å². The molecular formula is C24H52N2O7. The smallest absolute Gasteiger partial charge is 0.409 e. The molecule has 0 rings (SSSR count). The minimum absolute atomic E-state index is 0. The van der Waals surface area contributed by atoms with Crippen molar-refractivity contribution in [2.45, 2.75) is 65.3 Å². The molecule has 2 amide bonds. The number of carbonyl (C=O) groups excluding carboxylic acids is 4. The maximum absolute atomic E-state index is 11.3. The fraction of sp³-hybridized carbons (Fsp3) is 0.583. The molecule has 0 saturated heterocycles. The van der Waals surface area contributed by atoms with Crippen LogP contribution in [0.5, 0.6) is 0 Å². The zero-order valence-corrected chi connectivity index (χ0v) is 16.1. The topological polar surface area (TPSA) is 120 Å². The highest BCUT2D eigenvalue weighted by Gasteiger charge is 2.07. The van der Waals surface area contributed by atoms with E-state index in [2.05, 4.69) is 35.1 Å². The Hall–Kier alpha value is -2.94. The maximum atomic E-state index is 11.3. The standard InChI is InChI=1S/C15H22N2O7.C3H6.6CH4/c1-10(2)12(18)7-17-13(19)8-22-9-24-15(21)16-5-6-23-14(20)11(3)4;1-3-2;;;;;;/h1,3,5-9H2,2,4H3,(H,16,21)(H,17,19);3H,1H2,2H3;6*1H4.